The van der Waals surface area contributed by atoms with Crippen molar-refractivity contribution in [3.05, 3.63) is 29.8 Å². The Balaban J connectivity index is 2.01. The van der Waals surface area contributed by atoms with E-state index >= 15 is 0 Å². The molecule has 1 aromatic carbocycles. The molecule has 0 radical (unpaired) electrons. The average Bonchev–Trinajstić information content (AvgIpc) is 3.32. The van der Waals surface area contributed by atoms with Crippen molar-refractivity contribution in [1.82, 2.24) is 47.4 Å². The Hall–Kier alpha value is -7.34. The van der Waals surface area contributed by atoms with Crippen LogP contribution in [0.25, 0.3) is 0 Å². The zero-order valence-corrected chi connectivity index (χ0v) is 40.5. The van der Waals surface area contributed by atoms with E-state index < -0.39 is 171 Å². The van der Waals surface area contributed by atoms with Gasteiger partial charge in [-0.25, -0.2) is 0 Å². The van der Waals surface area contributed by atoms with E-state index in [9.17, 15) is 62.6 Å². The van der Waals surface area contributed by atoms with Crippen molar-refractivity contribution in [2.24, 2.45) is 29.0 Å². The van der Waals surface area contributed by atoms with Gasteiger partial charge in [0.05, 0.1) is 19.6 Å². The van der Waals surface area contributed by atoms with Gasteiger partial charge >= 0.3 is 0 Å². The Labute approximate surface area is 411 Å². The fourth-order valence-electron chi connectivity index (χ4n) is 8.08. The van der Waals surface area contributed by atoms with E-state index in [0.29, 0.717) is 12.0 Å². The summed E-state index contributed by atoms with van der Waals surface area (Å²) >= 11 is 0. The zero-order valence-electron chi connectivity index (χ0n) is 40.5. The number of nitrogens with two attached hydrogens (primary N) is 3. The lowest BCUT2D eigenvalue weighted by atomic mass is 9.84. The molecule has 3 rings (SSSR count). The highest BCUT2D eigenvalue weighted by molar-refractivity contribution is 5.98. The highest BCUT2D eigenvalue weighted by atomic mass is 16.3. The summed E-state index contributed by atoms with van der Waals surface area (Å²) in [7, 11) is 1.22. The van der Waals surface area contributed by atoms with Crippen LogP contribution in [0.1, 0.15) is 103 Å². The molecule has 71 heavy (non-hydrogen) atoms. The average molecular weight is 999 g/mol. The third-order valence-electron chi connectivity index (χ3n) is 12.3. The molecule has 1 aromatic rings. The van der Waals surface area contributed by atoms with E-state index in [-0.39, 0.29) is 24.5 Å². The minimum absolute atomic E-state index is 0.0664. The van der Waals surface area contributed by atoms with E-state index in [0.717, 1.165) is 37.0 Å². The van der Waals surface area contributed by atoms with Gasteiger partial charge < -0.3 is 69.7 Å². The molecule has 1 heterocycles. The third kappa shape index (κ3) is 20.7. The second-order valence-corrected chi connectivity index (χ2v) is 18.1. The van der Waals surface area contributed by atoms with Gasteiger partial charge in [0.15, 0.2) is 0 Å². The zero-order chi connectivity index (χ0) is 52.8. The first kappa shape index (κ1) is 58.0. The van der Waals surface area contributed by atoms with Crippen LogP contribution < -0.4 is 59.7 Å². The van der Waals surface area contributed by atoms with Gasteiger partial charge in [0.2, 0.25) is 70.9 Å². The first-order chi connectivity index (χ1) is 33.6. The van der Waals surface area contributed by atoms with Crippen molar-refractivity contribution in [2.75, 3.05) is 26.7 Å². The molecular weight excluding hydrogens is 929 g/mol. The predicted octanol–water partition coefficient (Wildman–Crippen LogP) is -3.64. The maximum atomic E-state index is 14.2. The Bertz CT molecular complexity index is 2100. The van der Waals surface area contributed by atoms with Crippen molar-refractivity contribution in [3.8, 4) is 5.75 Å². The van der Waals surface area contributed by atoms with Crippen molar-refractivity contribution in [3.63, 3.8) is 0 Å². The number of carbonyl (C=O) groups excluding carboxylic acids is 12. The van der Waals surface area contributed by atoms with Crippen LogP contribution in [0.4, 0.5) is 0 Å². The number of benzene rings is 1. The molecule has 0 spiro atoms. The molecule has 1 aliphatic carbocycles. The standard InChI is InChI=1S/C46H70N12O13/c1-4-25(2)40-45(70)55-30(15-18-35(48)61)42(67)54-29(14-17-34(47)60)43(68)56-31(16-19-37(63)50-23-38(64)52-33(44(69)57-40)21-27-10-12-28(59)13-11-27)46(71)58(3)24-39(65)53-32(41(66)51-22-36(49)62)20-26-8-6-5-7-9-26/h10-13,25-26,29-33,40,59H,4-9,14-24H2,1-3H3,(H2,47,60)(H2,48,61)(H2,49,62)(H,50,63)(H,51,66)(H,52,64)(H,53,65)(H,54,67)(H,55,70)(H,56,68)(H,57,69)/t25-,29-,30-,31-,32-,33-,40-/m0/s1. The lowest BCUT2D eigenvalue weighted by Gasteiger charge is -2.30. The molecule has 0 unspecified atom stereocenters. The number of nitrogens with zero attached hydrogens (tertiary/aromatic N) is 1. The molecule has 7 atom stereocenters. The van der Waals surface area contributed by atoms with Crippen LogP contribution in [-0.4, -0.2) is 144 Å². The maximum absolute atomic E-state index is 14.2. The molecule has 0 aromatic heterocycles. The topological polar surface area (TPSA) is 403 Å². The van der Waals surface area contributed by atoms with E-state index in [1.54, 1.807) is 13.8 Å². The van der Waals surface area contributed by atoms with Crippen LogP contribution in [-0.2, 0) is 64.0 Å². The first-order valence-electron chi connectivity index (χ1n) is 23.8. The van der Waals surface area contributed by atoms with Crippen LogP contribution in [0.15, 0.2) is 24.3 Å². The van der Waals surface area contributed by atoms with Crippen LogP contribution in [0, 0.1) is 11.8 Å². The lowest BCUT2D eigenvalue weighted by Crippen LogP contribution is -2.61. The number of hydrogen-bond acceptors (Lipinski definition) is 13. The van der Waals surface area contributed by atoms with Gasteiger partial charge in [-0.3, -0.25) is 57.5 Å². The van der Waals surface area contributed by atoms with Gasteiger partial charge in [-0.1, -0.05) is 64.5 Å². The van der Waals surface area contributed by atoms with E-state index in [1.165, 1.54) is 31.3 Å². The fraction of sp³-hybridized carbons (Fsp3) is 0.609. The molecular formula is C46H70N12O13. The number of hydrogen-bond donors (Lipinski definition) is 12. The van der Waals surface area contributed by atoms with Crippen molar-refractivity contribution >= 4 is 70.9 Å². The minimum Gasteiger partial charge on any atom is -0.508 e. The lowest BCUT2D eigenvalue weighted by molar-refractivity contribution is -0.140. The van der Waals surface area contributed by atoms with E-state index in [2.05, 4.69) is 42.5 Å². The van der Waals surface area contributed by atoms with Gasteiger partial charge in [-0.2, -0.15) is 0 Å². The summed E-state index contributed by atoms with van der Waals surface area (Å²) in [5.74, 6) is -10.9. The second kappa shape index (κ2) is 29.0. The van der Waals surface area contributed by atoms with Gasteiger partial charge in [0, 0.05) is 32.7 Å². The summed E-state index contributed by atoms with van der Waals surface area (Å²) in [6, 6.07) is -2.88. The van der Waals surface area contributed by atoms with Gasteiger partial charge in [-0.15, -0.1) is 0 Å². The maximum Gasteiger partial charge on any atom is 0.245 e. The number of rotatable bonds is 19. The van der Waals surface area contributed by atoms with Gasteiger partial charge in [0.25, 0.3) is 0 Å². The van der Waals surface area contributed by atoms with E-state index in [1.807, 2.05) is 0 Å². The van der Waals surface area contributed by atoms with Crippen molar-refractivity contribution in [1.29, 1.82) is 0 Å². The molecule has 1 saturated heterocycles. The summed E-state index contributed by atoms with van der Waals surface area (Å²) < 4.78 is 0. The SMILES string of the molecule is CC[C@H](C)[C@@H]1NC(=O)[C@H](Cc2ccc(O)cc2)NC(=O)CNC(=O)CC[C@@H](C(=O)N(C)CC(=O)N[C@@H](CC2CCCCC2)C(=O)NCC(N)=O)NC(=O)[C@H](CCC(N)=O)NC(=O)[C@H](CCC(N)=O)NC1=O. The number of carbonyl (C=O) groups is 12. The summed E-state index contributed by atoms with van der Waals surface area (Å²) in [6.07, 6.45) is 2.24. The third-order valence-corrected chi connectivity index (χ3v) is 12.3. The first-order valence-corrected chi connectivity index (χ1v) is 23.8. The number of likely N-dealkylation sites (N-methyl/N-ethyl adjacent to an activating group) is 1. The van der Waals surface area contributed by atoms with Crippen LogP contribution in [0.2, 0.25) is 0 Å². The summed E-state index contributed by atoms with van der Waals surface area (Å²) in [5.41, 5.74) is 16.5. The second-order valence-electron chi connectivity index (χ2n) is 18.1. The number of nitrogens with one attached hydrogen (secondary N) is 8. The molecule has 1 saturated carbocycles. The van der Waals surface area contributed by atoms with Crippen molar-refractivity contribution < 1.29 is 62.6 Å². The Kier molecular flexibility index (Phi) is 23.7. The summed E-state index contributed by atoms with van der Waals surface area (Å²) in [6.45, 7) is 1.56. The Morgan fingerprint density at radius 2 is 1.31 bits per heavy atom. The molecule has 1 aliphatic heterocycles. The largest absolute Gasteiger partial charge is 0.508 e. The number of aromatic hydroxyl groups is 1. The highest BCUT2D eigenvalue weighted by Crippen LogP contribution is 2.27. The Morgan fingerprint density at radius 3 is 1.89 bits per heavy atom. The fourth-order valence-corrected chi connectivity index (χ4v) is 8.08. The highest BCUT2D eigenvalue weighted by Gasteiger charge is 2.36. The summed E-state index contributed by atoms with van der Waals surface area (Å²) in [5, 5.41) is 29.9. The number of amides is 12. The molecule has 12 amide bonds. The number of primary amides is 3. The summed E-state index contributed by atoms with van der Waals surface area (Å²) in [4.78, 5) is 160. The normalized spacial score (nSPS) is 22.0. The molecule has 0 bridgehead atoms. The number of phenols is 1. The van der Waals surface area contributed by atoms with Crippen LogP contribution >= 0.6 is 0 Å². The molecule has 392 valence electrons. The minimum atomic E-state index is -1.64. The van der Waals surface area contributed by atoms with Gasteiger partial charge in [-0.05, 0) is 55.2 Å². The van der Waals surface area contributed by atoms with Crippen LogP contribution in [0.3, 0.4) is 0 Å². The molecule has 2 fully saturated rings. The van der Waals surface area contributed by atoms with Crippen molar-refractivity contribution in [2.45, 2.75) is 140 Å². The molecule has 25 heteroatoms. The van der Waals surface area contributed by atoms with Crippen LogP contribution in [0.5, 0.6) is 5.75 Å². The van der Waals surface area contributed by atoms with E-state index in [4.69, 9.17) is 17.2 Å². The molecule has 2 aliphatic rings. The monoisotopic (exact) mass is 999 g/mol. The Morgan fingerprint density at radius 1 is 0.732 bits per heavy atom. The molecule has 25 nitrogen and oxygen atoms in total. The predicted molar refractivity (Wildman–Crippen MR) is 253 cm³/mol. The van der Waals surface area contributed by atoms with Gasteiger partial charge in [0.1, 0.15) is 42.0 Å². The quantitative estimate of drug-likeness (QED) is 0.0638. The smallest absolute Gasteiger partial charge is 0.245 e. The number of phenolic OH excluding ortho intramolecular Hbond substituents is 1. The molecule has 15 N–H and O–H groups in total.